The molecule has 0 atom stereocenters. The Hall–Kier alpha value is -2.61. The van der Waals surface area contributed by atoms with Crippen LogP contribution in [0.1, 0.15) is 30.9 Å². The van der Waals surface area contributed by atoms with Crippen molar-refractivity contribution in [3.05, 3.63) is 41.6 Å². The first-order chi connectivity index (χ1) is 16.0. The van der Waals surface area contributed by atoms with Crippen LogP contribution < -0.4 is 5.32 Å². The highest BCUT2D eigenvalue weighted by atomic mass is 32.2. The lowest BCUT2D eigenvalue weighted by Crippen LogP contribution is -2.47. The minimum Gasteiger partial charge on any atom is -0.350 e. The summed E-state index contributed by atoms with van der Waals surface area (Å²) in [6, 6.07) is 6.78. The third kappa shape index (κ3) is 4.78. The van der Waals surface area contributed by atoms with E-state index in [0.29, 0.717) is 37.4 Å². The van der Waals surface area contributed by atoms with Gasteiger partial charge in [-0.3, -0.25) is 0 Å². The first kappa shape index (κ1) is 24.5. The highest BCUT2D eigenvalue weighted by Gasteiger charge is 2.29. The maximum absolute atomic E-state index is 13.4. The van der Waals surface area contributed by atoms with E-state index in [9.17, 15) is 16.8 Å². The van der Waals surface area contributed by atoms with Crippen molar-refractivity contribution >= 4 is 31.5 Å². The van der Waals surface area contributed by atoms with Crippen molar-refractivity contribution in [1.29, 1.82) is 0 Å². The number of likely N-dealkylation sites (N-methyl/N-ethyl adjacent to an activating group) is 1. The standard InChI is InChI=1S/C21H29N7O4S2/c1-15(2)17-14-23-28-19(17)24-21(33(4,29)30)25-20(28)22-13-16-7-5-6-8-18(16)34(31,32)27-11-9-26(3)10-12-27/h5-8,14-15H,9-13H2,1-4H3,(H,22,24,25). The molecule has 2 aromatic heterocycles. The van der Waals surface area contributed by atoms with Crippen LogP contribution in [0.4, 0.5) is 5.95 Å². The number of sulfone groups is 1. The predicted octanol–water partition coefficient (Wildman–Crippen LogP) is 1.20. The molecule has 0 aliphatic carbocycles. The van der Waals surface area contributed by atoms with Crippen LogP contribution in [0.15, 0.2) is 40.5 Å². The van der Waals surface area contributed by atoms with Gasteiger partial charge < -0.3 is 10.2 Å². The zero-order chi connectivity index (χ0) is 24.7. The predicted molar refractivity (Wildman–Crippen MR) is 128 cm³/mol. The Labute approximate surface area is 199 Å². The van der Waals surface area contributed by atoms with E-state index in [1.165, 1.54) is 8.82 Å². The van der Waals surface area contributed by atoms with Crippen molar-refractivity contribution in [2.24, 2.45) is 0 Å². The van der Waals surface area contributed by atoms with Gasteiger partial charge in [-0.25, -0.2) is 16.8 Å². The van der Waals surface area contributed by atoms with Gasteiger partial charge in [0.15, 0.2) is 5.65 Å². The molecule has 4 rings (SSSR count). The highest BCUT2D eigenvalue weighted by molar-refractivity contribution is 7.90. The van der Waals surface area contributed by atoms with Crippen molar-refractivity contribution in [2.45, 2.75) is 36.4 Å². The number of hydrogen-bond acceptors (Lipinski definition) is 9. The molecule has 13 heteroatoms. The maximum Gasteiger partial charge on any atom is 0.252 e. The van der Waals surface area contributed by atoms with Crippen molar-refractivity contribution in [3.63, 3.8) is 0 Å². The molecule has 11 nitrogen and oxygen atoms in total. The highest BCUT2D eigenvalue weighted by Crippen LogP contribution is 2.24. The second-order valence-electron chi connectivity index (χ2n) is 8.76. The maximum atomic E-state index is 13.4. The molecule has 1 N–H and O–H groups in total. The average Bonchev–Trinajstić information content (AvgIpc) is 3.22. The van der Waals surface area contributed by atoms with Crippen molar-refractivity contribution < 1.29 is 16.8 Å². The van der Waals surface area contributed by atoms with Crippen LogP contribution in [-0.4, -0.2) is 85.1 Å². The molecule has 0 spiro atoms. The number of aromatic nitrogens is 4. The van der Waals surface area contributed by atoms with Gasteiger partial charge in [-0.2, -0.15) is 23.9 Å². The van der Waals surface area contributed by atoms with Crippen molar-refractivity contribution in [1.82, 2.24) is 28.8 Å². The molecule has 1 saturated heterocycles. The Balaban J connectivity index is 1.69. The number of rotatable bonds is 7. The molecule has 1 aliphatic rings. The quantitative estimate of drug-likeness (QED) is 0.501. The zero-order valence-corrected chi connectivity index (χ0v) is 21.3. The molecule has 0 radical (unpaired) electrons. The summed E-state index contributed by atoms with van der Waals surface area (Å²) in [6.45, 7) is 6.23. The fraction of sp³-hybridized carbons (Fsp3) is 0.476. The molecule has 1 fully saturated rings. The summed E-state index contributed by atoms with van der Waals surface area (Å²) in [5.41, 5.74) is 1.73. The molecule has 0 unspecified atom stereocenters. The molecule has 0 bridgehead atoms. The van der Waals surface area contributed by atoms with Gasteiger partial charge in [0.2, 0.25) is 25.8 Å². The van der Waals surface area contributed by atoms with Gasteiger partial charge in [0, 0.05) is 44.5 Å². The van der Waals surface area contributed by atoms with Gasteiger partial charge in [0.1, 0.15) is 0 Å². The largest absolute Gasteiger partial charge is 0.350 e. The van der Waals surface area contributed by atoms with E-state index in [0.717, 1.165) is 11.8 Å². The lowest BCUT2D eigenvalue weighted by atomic mass is 10.1. The minimum absolute atomic E-state index is 0.0714. The summed E-state index contributed by atoms with van der Waals surface area (Å²) in [5.74, 6) is 0.242. The zero-order valence-electron chi connectivity index (χ0n) is 19.6. The molecule has 1 aliphatic heterocycles. The lowest BCUT2D eigenvalue weighted by molar-refractivity contribution is 0.222. The van der Waals surface area contributed by atoms with Crippen molar-refractivity contribution in [3.8, 4) is 0 Å². The number of hydrogen-bond donors (Lipinski definition) is 1. The Bertz CT molecular complexity index is 1410. The summed E-state index contributed by atoms with van der Waals surface area (Å²) in [5, 5.41) is 7.10. The summed E-state index contributed by atoms with van der Waals surface area (Å²) in [4.78, 5) is 10.7. The van der Waals surface area contributed by atoms with Crippen LogP contribution in [0.3, 0.4) is 0 Å². The van der Waals surface area contributed by atoms with Crippen LogP contribution in [0.2, 0.25) is 0 Å². The van der Waals surface area contributed by atoms with E-state index in [4.69, 9.17) is 0 Å². The summed E-state index contributed by atoms with van der Waals surface area (Å²) < 4.78 is 54.1. The van der Waals surface area contributed by atoms with E-state index in [-0.39, 0.29) is 28.5 Å². The van der Waals surface area contributed by atoms with E-state index in [2.05, 4.69) is 25.3 Å². The third-order valence-corrected chi connectivity index (χ3v) is 8.66. The third-order valence-electron chi connectivity index (χ3n) is 5.82. The Kier molecular flexibility index (Phi) is 6.64. The number of nitrogens with zero attached hydrogens (tertiary/aromatic N) is 6. The van der Waals surface area contributed by atoms with Gasteiger partial charge in [-0.1, -0.05) is 32.0 Å². The van der Waals surface area contributed by atoms with Gasteiger partial charge in [-0.15, -0.1) is 0 Å². The summed E-state index contributed by atoms with van der Waals surface area (Å²) in [7, 11) is -5.40. The molecule has 3 heterocycles. The first-order valence-corrected chi connectivity index (χ1v) is 14.3. The number of sulfonamides is 1. The molecule has 0 amide bonds. The topological polar surface area (TPSA) is 130 Å². The van der Waals surface area contributed by atoms with Crippen LogP contribution in [-0.2, 0) is 26.4 Å². The van der Waals surface area contributed by atoms with E-state index in [1.807, 2.05) is 20.9 Å². The number of fused-ring (bicyclic) bond motifs is 1. The molecule has 34 heavy (non-hydrogen) atoms. The lowest BCUT2D eigenvalue weighted by Gasteiger charge is -2.32. The number of nitrogens with one attached hydrogen (secondary N) is 1. The van der Waals surface area contributed by atoms with E-state index < -0.39 is 19.9 Å². The Morgan fingerprint density at radius 1 is 1.03 bits per heavy atom. The molecule has 0 saturated carbocycles. The first-order valence-electron chi connectivity index (χ1n) is 10.9. The Morgan fingerprint density at radius 3 is 2.35 bits per heavy atom. The van der Waals surface area contributed by atoms with Gasteiger partial charge in [0.05, 0.1) is 11.1 Å². The van der Waals surface area contributed by atoms with Crippen LogP contribution in [0, 0.1) is 0 Å². The number of anilines is 1. The molecular formula is C21H29N7O4S2. The molecule has 1 aromatic carbocycles. The second-order valence-corrected chi connectivity index (χ2v) is 12.6. The van der Waals surface area contributed by atoms with Crippen LogP contribution >= 0.6 is 0 Å². The smallest absolute Gasteiger partial charge is 0.252 e. The monoisotopic (exact) mass is 507 g/mol. The van der Waals surface area contributed by atoms with Crippen molar-refractivity contribution in [2.75, 3.05) is 44.8 Å². The minimum atomic E-state index is -3.69. The molecule has 184 valence electrons. The van der Waals surface area contributed by atoms with E-state index >= 15 is 0 Å². The van der Waals surface area contributed by atoms with Crippen LogP contribution in [0.25, 0.3) is 5.65 Å². The summed E-state index contributed by atoms with van der Waals surface area (Å²) >= 11 is 0. The van der Waals surface area contributed by atoms with Gasteiger partial charge >= 0.3 is 0 Å². The summed E-state index contributed by atoms with van der Waals surface area (Å²) in [6.07, 6.45) is 2.68. The van der Waals surface area contributed by atoms with Gasteiger partial charge in [-0.05, 0) is 24.6 Å². The number of piperazine rings is 1. The van der Waals surface area contributed by atoms with Crippen LogP contribution in [0.5, 0.6) is 0 Å². The van der Waals surface area contributed by atoms with E-state index in [1.54, 1.807) is 30.5 Å². The average molecular weight is 508 g/mol. The fourth-order valence-corrected chi connectivity index (χ4v) is 5.95. The SMILES string of the molecule is CC(C)c1cnn2c(NCc3ccccc3S(=O)(=O)N3CCN(C)CC3)nc(S(C)(=O)=O)nc12. The molecular weight excluding hydrogens is 478 g/mol. The molecule has 3 aromatic rings. The second kappa shape index (κ2) is 9.21. The number of benzene rings is 1. The van der Waals surface area contributed by atoms with Gasteiger partial charge in [0.25, 0.3) is 5.16 Å². The Morgan fingerprint density at radius 2 is 1.71 bits per heavy atom. The normalized spacial score (nSPS) is 16.4. The fourth-order valence-electron chi connectivity index (χ4n) is 3.81.